The van der Waals surface area contributed by atoms with Crippen molar-refractivity contribution in [2.75, 3.05) is 24.5 Å². The molecule has 0 unspecified atom stereocenters. The zero-order chi connectivity index (χ0) is 15.1. The molecule has 2 heterocycles. The van der Waals surface area contributed by atoms with Crippen molar-refractivity contribution >= 4 is 11.7 Å². The lowest BCUT2D eigenvalue weighted by Crippen LogP contribution is -2.46. The molecule has 5 heteroatoms. The minimum Gasteiger partial charge on any atom is -0.357 e. The Hall–Kier alpha value is -1.62. The average Bonchev–Trinajstić information content (AvgIpc) is 2.55. The van der Waals surface area contributed by atoms with E-state index >= 15 is 0 Å². The fraction of sp³-hybridized carbons (Fsp3) is 0.625. The van der Waals surface area contributed by atoms with Crippen molar-refractivity contribution in [2.24, 2.45) is 0 Å². The number of piperidine rings is 1. The van der Waals surface area contributed by atoms with E-state index in [2.05, 4.69) is 34.4 Å². The molecule has 5 nitrogen and oxygen atoms in total. The maximum atomic E-state index is 12.0. The van der Waals surface area contributed by atoms with E-state index in [1.165, 1.54) is 6.42 Å². The molecule has 21 heavy (non-hydrogen) atoms. The predicted molar refractivity (Wildman–Crippen MR) is 85.3 cm³/mol. The normalized spacial score (nSPS) is 18.3. The number of pyridine rings is 1. The van der Waals surface area contributed by atoms with Gasteiger partial charge in [0.25, 0.3) is 0 Å². The van der Waals surface area contributed by atoms with Crippen LogP contribution < -0.4 is 15.5 Å². The molecule has 2 N–H and O–H groups in total. The number of nitrogens with zero attached hydrogens (tertiary/aromatic N) is 2. The van der Waals surface area contributed by atoms with Crippen LogP contribution in [0.5, 0.6) is 0 Å². The summed E-state index contributed by atoms with van der Waals surface area (Å²) >= 11 is 0. The third-order valence-corrected chi connectivity index (χ3v) is 3.99. The second-order valence-corrected chi connectivity index (χ2v) is 5.42. The summed E-state index contributed by atoms with van der Waals surface area (Å²) in [5.74, 6) is 1.09. The first-order valence-electron chi connectivity index (χ1n) is 7.95. The Labute approximate surface area is 127 Å². The summed E-state index contributed by atoms with van der Waals surface area (Å²) in [7, 11) is 0. The lowest BCUT2D eigenvalue weighted by molar-refractivity contribution is -0.123. The summed E-state index contributed by atoms with van der Waals surface area (Å²) in [6.45, 7) is 7.63. The topological polar surface area (TPSA) is 57.3 Å². The van der Waals surface area contributed by atoms with Gasteiger partial charge in [-0.05, 0) is 44.9 Å². The van der Waals surface area contributed by atoms with Gasteiger partial charge >= 0.3 is 0 Å². The Morgan fingerprint density at radius 2 is 2.19 bits per heavy atom. The van der Waals surface area contributed by atoms with Gasteiger partial charge in [0.15, 0.2) is 0 Å². The van der Waals surface area contributed by atoms with Gasteiger partial charge in [-0.3, -0.25) is 4.79 Å². The third kappa shape index (κ3) is 4.43. The Bertz CT molecular complexity index is 436. The molecule has 116 valence electrons. The monoisotopic (exact) mass is 290 g/mol. The predicted octanol–water partition coefficient (Wildman–Crippen LogP) is 1.69. The number of rotatable bonds is 6. The zero-order valence-corrected chi connectivity index (χ0v) is 13.1. The number of aromatic nitrogens is 1. The van der Waals surface area contributed by atoms with Crippen molar-refractivity contribution in [3.05, 3.63) is 23.9 Å². The van der Waals surface area contributed by atoms with Gasteiger partial charge in [0.05, 0.1) is 6.04 Å². The molecule has 1 aliphatic heterocycles. The first kappa shape index (κ1) is 15.8. The van der Waals surface area contributed by atoms with Crippen molar-refractivity contribution in [3.63, 3.8) is 0 Å². The van der Waals surface area contributed by atoms with Crippen LogP contribution in [0.4, 0.5) is 5.82 Å². The van der Waals surface area contributed by atoms with Gasteiger partial charge in [-0.2, -0.15) is 0 Å². The summed E-state index contributed by atoms with van der Waals surface area (Å²) < 4.78 is 0. The lowest BCUT2D eigenvalue weighted by atomic mass is 10.0. The van der Waals surface area contributed by atoms with Gasteiger partial charge in [0.1, 0.15) is 5.82 Å². The molecule has 0 aromatic carbocycles. The first-order valence-corrected chi connectivity index (χ1v) is 7.95. The Balaban J connectivity index is 1.84. The fourth-order valence-corrected chi connectivity index (χ4v) is 2.64. The fourth-order valence-electron chi connectivity index (χ4n) is 2.64. The lowest BCUT2D eigenvalue weighted by Gasteiger charge is -2.22. The largest absolute Gasteiger partial charge is 0.357 e. The molecule has 1 aromatic heterocycles. The smallest absolute Gasteiger partial charge is 0.237 e. The summed E-state index contributed by atoms with van der Waals surface area (Å²) in [5.41, 5.74) is 1.04. The maximum absolute atomic E-state index is 12.0. The number of nitrogens with one attached hydrogen (secondary N) is 2. The van der Waals surface area contributed by atoms with E-state index in [-0.39, 0.29) is 11.9 Å². The Kier molecular flexibility index (Phi) is 5.99. The van der Waals surface area contributed by atoms with Crippen LogP contribution in [-0.2, 0) is 11.3 Å². The number of carbonyl (C=O) groups excluding carboxylic acids is 1. The molecule has 2 rings (SSSR count). The van der Waals surface area contributed by atoms with Gasteiger partial charge in [-0.1, -0.05) is 12.5 Å². The molecule has 1 aromatic rings. The molecular formula is C16H26N4O. The summed E-state index contributed by atoms with van der Waals surface area (Å²) in [5, 5.41) is 6.25. The highest BCUT2D eigenvalue weighted by Crippen LogP contribution is 2.11. The minimum absolute atomic E-state index is 0.0262. The second kappa shape index (κ2) is 7.98. The molecular weight excluding hydrogens is 264 g/mol. The first-order chi connectivity index (χ1) is 10.2. The number of hydrogen-bond donors (Lipinski definition) is 2. The van der Waals surface area contributed by atoms with Crippen LogP contribution in [0.3, 0.4) is 0 Å². The summed E-state index contributed by atoms with van der Waals surface area (Å²) in [4.78, 5) is 18.7. The van der Waals surface area contributed by atoms with Crippen LogP contribution in [0.1, 0.15) is 38.7 Å². The highest BCUT2D eigenvalue weighted by molar-refractivity contribution is 5.81. The molecule has 0 radical (unpaired) electrons. The molecule has 1 aliphatic rings. The third-order valence-electron chi connectivity index (χ3n) is 3.99. The molecule has 0 spiro atoms. The van der Waals surface area contributed by atoms with Crippen molar-refractivity contribution in [2.45, 2.75) is 45.7 Å². The highest BCUT2D eigenvalue weighted by Gasteiger charge is 2.19. The number of amides is 1. The van der Waals surface area contributed by atoms with Crippen molar-refractivity contribution in [3.8, 4) is 0 Å². The van der Waals surface area contributed by atoms with E-state index in [9.17, 15) is 4.79 Å². The number of hydrogen-bond acceptors (Lipinski definition) is 4. The summed E-state index contributed by atoms with van der Waals surface area (Å²) in [6, 6.07) is 4.03. The molecule has 0 bridgehead atoms. The Morgan fingerprint density at radius 1 is 1.38 bits per heavy atom. The van der Waals surface area contributed by atoms with Gasteiger partial charge in [0, 0.05) is 25.8 Å². The molecule has 1 amide bonds. The molecule has 1 fully saturated rings. The van der Waals surface area contributed by atoms with Crippen LogP contribution in [0, 0.1) is 0 Å². The van der Waals surface area contributed by atoms with Crippen LogP contribution in [0.25, 0.3) is 0 Å². The highest BCUT2D eigenvalue weighted by atomic mass is 16.2. The maximum Gasteiger partial charge on any atom is 0.237 e. The van der Waals surface area contributed by atoms with Gasteiger partial charge in [-0.25, -0.2) is 4.98 Å². The summed E-state index contributed by atoms with van der Waals surface area (Å²) in [6.07, 6.45) is 5.08. The SMILES string of the molecule is CCN(CC)c1ccc(CNC(=O)[C@H]2CCCCN2)cn1. The van der Waals surface area contributed by atoms with Crippen molar-refractivity contribution < 1.29 is 4.79 Å². The number of anilines is 1. The van der Waals surface area contributed by atoms with Crippen LogP contribution in [-0.4, -0.2) is 36.6 Å². The molecule has 1 atom stereocenters. The molecule has 1 saturated heterocycles. The second-order valence-electron chi connectivity index (χ2n) is 5.42. The average molecular weight is 290 g/mol. The van der Waals surface area contributed by atoms with Gasteiger partial charge in [0.2, 0.25) is 5.91 Å². The van der Waals surface area contributed by atoms with E-state index in [1.807, 2.05) is 18.3 Å². The standard InChI is InChI=1S/C16H26N4O/c1-3-20(4-2)15-9-8-13(11-18-15)12-19-16(21)14-7-5-6-10-17-14/h8-9,11,14,17H,3-7,10,12H2,1-2H3,(H,19,21)/t14-/m1/s1. The quantitative estimate of drug-likeness (QED) is 0.837. The van der Waals surface area contributed by atoms with Gasteiger partial charge in [-0.15, -0.1) is 0 Å². The minimum atomic E-state index is -0.0262. The molecule has 0 aliphatic carbocycles. The van der Waals surface area contributed by atoms with Crippen LogP contribution >= 0.6 is 0 Å². The van der Waals surface area contributed by atoms with E-state index in [1.54, 1.807) is 0 Å². The number of carbonyl (C=O) groups is 1. The van der Waals surface area contributed by atoms with Crippen LogP contribution in [0.15, 0.2) is 18.3 Å². The van der Waals surface area contributed by atoms with E-state index < -0.39 is 0 Å². The van der Waals surface area contributed by atoms with E-state index in [0.29, 0.717) is 6.54 Å². The molecule has 0 saturated carbocycles. The zero-order valence-electron chi connectivity index (χ0n) is 13.1. The van der Waals surface area contributed by atoms with Gasteiger partial charge < -0.3 is 15.5 Å². The Morgan fingerprint density at radius 3 is 2.76 bits per heavy atom. The van der Waals surface area contributed by atoms with Crippen molar-refractivity contribution in [1.29, 1.82) is 0 Å². The van der Waals surface area contributed by atoms with E-state index in [0.717, 1.165) is 43.9 Å². The van der Waals surface area contributed by atoms with Crippen LogP contribution in [0.2, 0.25) is 0 Å². The van der Waals surface area contributed by atoms with Crippen molar-refractivity contribution in [1.82, 2.24) is 15.6 Å². The van der Waals surface area contributed by atoms with E-state index in [4.69, 9.17) is 0 Å².